The molecule has 302 valence electrons. The summed E-state index contributed by atoms with van der Waals surface area (Å²) in [7, 11) is -2.30. The molecule has 2 aliphatic heterocycles. The number of carbonyl (C=O) groups excluding carboxylic acids is 3. The van der Waals surface area contributed by atoms with Crippen molar-refractivity contribution in [2.24, 2.45) is 5.92 Å². The van der Waals surface area contributed by atoms with Gasteiger partial charge in [-0.25, -0.2) is 18.4 Å². The van der Waals surface area contributed by atoms with E-state index in [1.54, 1.807) is 12.0 Å². The molecule has 1 aliphatic carbocycles. The molecule has 2 aromatic carbocycles. The summed E-state index contributed by atoms with van der Waals surface area (Å²) in [5.74, 6) is -0.570. The van der Waals surface area contributed by atoms with Crippen LogP contribution in [0.5, 0.6) is 11.5 Å². The van der Waals surface area contributed by atoms with E-state index in [2.05, 4.69) is 29.2 Å². The van der Waals surface area contributed by atoms with Crippen LogP contribution < -0.4 is 24.8 Å². The summed E-state index contributed by atoms with van der Waals surface area (Å²) in [5.41, 5.74) is 2.42. The Hall–Kier alpha value is -5.02. The number of aromatic nitrogens is 2. The van der Waals surface area contributed by atoms with Gasteiger partial charge in [-0.05, 0) is 62.8 Å². The number of carbonyl (C=O) groups is 3. The van der Waals surface area contributed by atoms with Gasteiger partial charge in [0, 0.05) is 40.4 Å². The number of thiazole rings is 1. The Balaban J connectivity index is 1.26. The first-order valence-corrected chi connectivity index (χ1v) is 22.3. The number of methoxy groups -OCH3 is 1. The predicted molar refractivity (Wildman–Crippen MR) is 221 cm³/mol. The minimum atomic E-state index is -3.91. The maximum absolute atomic E-state index is 14.8. The number of anilines is 1. The van der Waals surface area contributed by atoms with E-state index < -0.39 is 51.5 Å². The number of nitrogens with zero attached hydrogens (tertiary/aromatic N) is 3. The fourth-order valence-corrected chi connectivity index (χ4v) is 9.28. The maximum Gasteiger partial charge on any atom is 0.259 e. The molecule has 1 saturated carbocycles. The highest BCUT2D eigenvalue weighted by Gasteiger charge is 2.61. The number of para-hydroxylation sites is 1. The smallest absolute Gasteiger partial charge is 0.259 e. The molecule has 0 unspecified atom stereocenters. The van der Waals surface area contributed by atoms with Crippen LogP contribution in [0.3, 0.4) is 0 Å². The average molecular weight is 815 g/mol. The van der Waals surface area contributed by atoms with Crippen LogP contribution in [0.2, 0.25) is 0 Å². The second-order valence-electron chi connectivity index (χ2n) is 15.6. The summed E-state index contributed by atoms with van der Waals surface area (Å²) in [6, 6.07) is 13.5. The number of allylic oxidation sites excluding steroid dienone is 1. The minimum Gasteiger partial charge on any atom is -0.496 e. The van der Waals surface area contributed by atoms with Crippen LogP contribution in [0.25, 0.3) is 21.6 Å². The molecule has 13 nitrogen and oxygen atoms in total. The molecule has 2 aromatic heterocycles. The Morgan fingerprint density at radius 3 is 2.58 bits per heavy atom. The van der Waals surface area contributed by atoms with E-state index in [9.17, 15) is 22.8 Å². The van der Waals surface area contributed by atoms with Crippen molar-refractivity contribution in [3.8, 4) is 22.2 Å². The van der Waals surface area contributed by atoms with Crippen LogP contribution in [0.1, 0.15) is 76.0 Å². The highest BCUT2D eigenvalue weighted by Crippen LogP contribution is 2.46. The quantitative estimate of drug-likeness (QED) is 0.168. The largest absolute Gasteiger partial charge is 0.496 e. The molecule has 0 bridgehead atoms. The molecule has 5 atom stereocenters. The van der Waals surface area contributed by atoms with Crippen molar-refractivity contribution in [3.63, 3.8) is 0 Å². The lowest BCUT2D eigenvalue weighted by molar-refractivity contribution is -0.140. The monoisotopic (exact) mass is 814 g/mol. The predicted octanol–water partition coefficient (Wildman–Crippen LogP) is 6.10. The Kier molecular flexibility index (Phi) is 11.6. The molecule has 0 radical (unpaired) electrons. The van der Waals surface area contributed by atoms with Gasteiger partial charge in [-0.3, -0.25) is 19.1 Å². The van der Waals surface area contributed by atoms with Crippen molar-refractivity contribution in [1.82, 2.24) is 24.9 Å². The highest BCUT2D eigenvalue weighted by molar-refractivity contribution is 7.89. The van der Waals surface area contributed by atoms with E-state index in [0.29, 0.717) is 29.1 Å². The lowest BCUT2D eigenvalue weighted by atomic mass is 10.0. The third-order valence-electron chi connectivity index (χ3n) is 11.0. The zero-order valence-corrected chi connectivity index (χ0v) is 34.5. The molecule has 2 fully saturated rings. The number of rotatable bonds is 9. The molecule has 3 N–H and O–H groups in total. The second-order valence-corrected chi connectivity index (χ2v) is 18.2. The SMILES string of the molecule is COc1ccc2c(O[C@@H]3C[C@H]4C(=O)N[C@]5(C(=O)NS(C)(=O)=O)C[C@H]5/C=C\CCCCC[C@H](Nc5ccccc5)C(=O)N4C3)cc(-c3nc(C(C)C)cs3)nc2c1C. The standard InChI is InChI=1S/C42H50N6O7S2/c1-25(2)33-24-56-39(45-33)32-21-36(30-18-19-35(54-4)26(3)37(30)44-32)55-29-20-34-38(49)46-42(41(51)47-57(5,52)53)22-27(42)14-10-7-6-8-13-17-31(40(50)48(34)23-29)43-28-15-11-9-12-16-28/h9-12,14-16,18-19,21,24-25,27,29,31,34,43H,6-8,13,17,20,22-23H2,1-5H3,(H,46,49)(H,47,51)/b14-10-/t27-,29-,31+,34+,42-/m1/s1. The summed E-state index contributed by atoms with van der Waals surface area (Å²) >= 11 is 1.50. The van der Waals surface area contributed by atoms with Gasteiger partial charge in [-0.2, -0.15) is 0 Å². The second kappa shape index (κ2) is 16.5. The third-order valence-corrected chi connectivity index (χ3v) is 12.5. The number of amides is 3. The van der Waals surface area contributed by atoms with E-state index in [4.69, 9.17) is 19.4 Å². The molecule has 15 heteroatoms. The van der Waals surface area contributed by atoms with Crippen molar-refractivity contribution in [2.75, 3.05) is 25.2 Å². The zero-order valence-electron chi connectivity index (χ0n) is 32.9. The first kappa shape index (κ1) is 40.2. The highest BCUT2D eigenvalue weighted by atomic mass is 32.2. The van der Waals surface area contributed by atoms with E-state index in [0.717, 1.165) is 59.3 Å². The third kappa shape index (κ3) is 8.79. The average Bonchev–Trinajstić information content (AvgIpc) is 3.46. The van der Waals surface area contributed by atoms with Gasteiger partial charge < -0.3 is 25.0 Å². The molecule has 4 heterocycles. The van der Waals surface area contributed by atoms with Crippen LogP contribution in [-0.2, 0) is 24.4 Å². The van der Waals surface area contributed by atoms with Crippen LogP contribution in [0.15, 0.2) is 66.1 Å². The molecule has 1 saturated heterocycles. The van der Waals surface area contributed by atoms with Crippen molar-refractivity contribution in [1.29, 1.82) is 0 Å². The lowest BCUT2D eigenvalue weighted by Crippen LogP contribution is -2.57. The summed E-state index contributed by atoms with van der Waals surface area (Å²) in [6.45, 7) is 6.21. The van der Waals surface area contributed by atoms with E-state index in [1.807, 2.05) is 73.0 Å². The van der Waals surface area contributed by atoms with Gasteiger partial charge in [-0.15, -0.1) is 11.3 Å². The summed E-state index contributed by atoms with van der Waals surface area (Å²) in [5, 5.41) is 9.86. The van der Waals surface area contributed by atoms with Crippen LogP contribution >= 0.6 is 11.3 Å². The Labute approximate surface area is 337 Å². The first-order chi connectivity index (χ1) is 27.3. The van der Waals surface area contributed by atoms with Gasteiger partial charge in [0.05, 0.1) is 31.1 Å². The van der Waals surface area contributed by atoms with Crippen molar-refractivity contribution < 1.29 is 32.3 Å². The van der Waals surface area contributed by atoms with E-state index >= 15 is 0 Å². The number of hydrogen-bond acceptors (Lipinski definition) is 11. The van der Waals surface area contributed by atoms with Gasteiger partial charge in [0.2, 0.25) is 21.8 Å². The van der Waals surface area contributed by atoms with Crippen molar-refractivity contribution >= 4 is 55.7 Å². The van der Waals surface area contributed by atoms with Gasteiger partial charge in [0.15, 0.2) is 0 Å². The fourth-order valence-electron chi connectivity index (χ4n) is 7.82. The molecular weight excluding hydrogens is 765 g/mol. The molecule has 57 heavy (non-hydrogen) atoms. The number of sulfonamides is 1. The fraction of sp³-hybridized carbons (Fsp3) is 0.452. The number of nitrogens with one attached hydrogen (secondary N) is 3. The number of ether oxygens (including phenoxy) is 2. The minimum absolute atomic E-state index is 0.0960. The molecule has 4 aromatic rings. The molecular formula is C42H50N6O7S2. The summed E-state index contributed by atoms with van der Waals surface area (Å²) in [6.07, 6.45) is 8.36. The van der Waals surface area contributed by atoms with Gasteiger partial charge in [0.25, 0.3) is 5.91 Å². The molecule has 0 spiro atoms. The zero-order chi connectivity index (χ0) is 40.5. The van der Waals surface area contributed by atoms with E-state index in [-0.39, 0.29) is 31.2 Å². The number of pyridine rings is 1. The van der Waals surface area contributed by atoms with Gasteiger partial charge in [0.1, 0.15) is 45.9 Å². The maximum atomic E-state index is 14.8. The van der Waals surface area contributed by atoms with Crippen molar-refractivity contribution in [2.45, 2.75) is 95.4 Å². The summed E-state index contributed by atoms with van der Waals surface area (Å²) in [4.78, 5) is 54.3. The topological polar surface area (TPSA) is 169 Å². The summed E-state index contributed by atoms with van der Waals surface area (Å²) < 4.78 is 39.0. The van der Waals surface area contributed by atoms with Crippen LogP contribution in [-0.4, -0.2) is 84.6 Å². The Bertz CT molecular complexity index is 2300. The van der Waals surface area contributed by atoms with Gasteiger partial charge in [-0.1, -0.05) is 57.0 Å². The first-order valence-electron chi connectivity index (χ1n) is 19.5. The Morgan fingerprint density at radius 2 is 1.86 bits per heavy atom. The number of fused-ring (bicyclic) bond motifs is 3. The number of aryl methyl sites for hydroxylation is 1. The van der Waals surface area contributed by atoms with Crippen LogP contribution in [0, 0.1) is 12.8 Å². The van der Waals surface area contributed by atoms with E-state index in [1.165, 1.54) is 11.3 Å². The number of hydrogen-bond donors (Lipinski definition) is 3. The van der Waals surface area contributed by atoms with Crippen molar-refractivity contribution in [3.05, 3.63) is 77.3 Å². The molecule has 7 rings (SSSR count). The lowest BCUT2D eigenvalue weighted by Gasteiger charge is -2.30. The molecule has 3 amide bonds. The molecule has 3 aliphatic rings. The Morgan fingerprint density at radius 1 is 1.07 bits per heavy atom. The van der Waals surface area contributed by atoms with Crippen LogP contribution in [0.4, 0.5) is 5.69 Å². The number of benzene rings is 2. The van der Waals surface area contributed by atoms with Gasteiger partial charge >= 0.3 is 0 Å². The normalized spacial score (nSPS) is 24.8.